The third-order valence-electron chi connectivity index (χ3n) is 3.52. The van der Waals surface area contributed by atoms with Crippen molar-refractivity contribution in [1.29, 1.82) is 0 Å². The third-order valence-corrected chi connectivity index (χ3v) is 3.52. The maximum Gasteiger partial charge on any atom is 0.191 e. The highest BCUT2D eigenvalue weighted by molar-refractivity contribution is 14.0. The largest absolute Gasteiger partial charge is 0.357 e. The van der Waals surface area contributed by atoms with Crippen molar-refractivity contribution in [1.82, 2.24) is 20.4 Å². The molecule has 0 fully saturated rings. The number of aliphatic imine (C=N–C) groups is 1. The van der Waals surface area contributed by atoms with Gasteiger partial charge in [-0.05, 0) is 37.1 Å². The predicted octanol–water partition coefficient (Wildman–Crippen LogP) is 3.74. The van der Waals surface area contributed by atoms with Crippen molar-refractivity contribution < 1.29 is 0 Å². The van der Waals surface area contributed by atoms with Gasteiger partial charge in [-0.3, -0.25) is 0 Å². The highest BCUT2D eigenvalue weighted by Gasteiger charge is 2.00. The zero-order valence-electron chi connectivity index (χ0n) is 14.5. The van der Waals surface area contributed by atoms with Gasteiger partial charge in [0.1, 0.15) is 0 Å². The first kappa shape index (κ1) is 20.5. The van der Waals surface area contributed by atoms with Gasteiger partial charge < -0.3 is 10.6 Å². The molecule has 0 aliphatic rings. The first-order valence-electron chi connectivity index (χ1n) is 8.44. The van der Waals surface area contributed by atoms with Crippen LogP contribution >= 0.6 is 24.0 Å². The number of benzene rings is 1. The summed E-state index contributed by atoms with van der Waals surface area (Å²) in [5.74, 6) is 0.882. The number of rotatable bonds is 8. The van der Waals surface area contributed by atoms with Gasteiger partial charge in [-0.2, -0.15) is 5.10 Å². The first-order chi connectivity index (χ1) is 11.3. The van der Waals surface area contributed by atoms with Gasteiger partial charge in [-0.25, -0.2) is 9.67 Å². The fourth-order valence-electron chi connectivity index (χ4n) is 2.31. The molecule has 1 heterocycles. The van der Waals surface area contributed by atoms with Crippen molar-refractivity contribution in [2.45, 2.75) is 39.7 Å². The quantitative estimate of drug-likeness (QED) is 0.284. The number of nitrogens with one attached hydrogen (secondary N) is 2. The van der Waals surface area contributed by atoms with Crippen molar-refractivity contribution in [3.8, 4) is 5.69 Å². The van der Waals surface area contributed by atoms with Crippen molar-refractivity contribution in [2.75, 3.05) is 13.1 Å². The molecule has 0 unspecified atom stereocenters. The Kier molecular flexibility index (Phi) is 10.1. The van der Waals surface area contributed by atoms with Crippen LogP contribution < -0.4 is 10.6 Å². The summed E-state index contributed by atoms with van der Waals surface area (Å²) in [6, 6.07) is 10.2. The van der Waals surface area contributed by atoms with Gasteiger partial charge in [0.2, 0.25) is 0 Å². The first-order valence-corrected chi connectivity index (χ1v) is 8.44. The highest BCUT2D eigenvalue weighted by Crippen LogP contribution is 2.10. The lowest BCUT2D eigenvalue weighted by molar-refractivity contribution is 0.683. The van der Waals surface area contributed by atoms with Crippen molar-refractivity contribution in [3.63, 3.8) is 0 Å². The lowest BCUT2D eigenvalue weighted by Gasteiger charge is -2.11. The van der Waals surface area contributed by atoms with Crippen LogP contribution in [-0.4, -0.2) is 28.8 Å². The molecule has 2 aromatic rings. The molecule has 24 heavy (non-hydrogen) atoms. The number of guanidine groups is 1. The second-order valence-corrected chi connectivity index (χ2v) is 5.45. The van der Waals surface area contributed by atoms with Crippen molar-refractivity contribution >= 4 is 29.9 Å². The summed E-state index contributed by atoms with van der Waals surface area (Å²) in [5.41, 5.74) is 2.23. The van der Waals surface area contributed by atoms with Crippen LogP contribution in [0.4, 0.5) is 0 Å². The Balaban J connectivity index is 0.00000288. The standard InChI is InChI=1S/C18H27N5.HI/c1-3-5-6-11-20-18(19-4-2)21-15-16-9-7-10-17(14-16)23-13-8-12-22-23;/h7-10,12-14H,3-6,11,15H2,1-2H3,(H2,19,20,21);1H. The SMILES string of the molecule is CCCCCNC(=NCc1cccc(-n2cccn2)c1)NCC.I. The van der Waals surface area contributed by atoms with Crippen LogP contribution in [0.3, 0.4) is 0 Å². The van der Waals surface area contributed by atoms with E-state index in [0.29, 0.717) is 6.54 Å². The average Bonchev–Trinajstić information content (AvgIpc) is 3.11. The predicted molar refractivity (Wildman–Crippen MR) is 111 cm³/mol. The average molecular weight is 441 g/mol. The summed E-state index contributed by atoms with van der Waals surface area (Å²) in [5, 5.41) is 10.9. The number of nitrogens with zero attached hydrogens (tertiary/aromatic N) is 3. The number of hydrogen-bond acceptors (Lipinski definition) is 2. The second-order valence-electron chi connectivity index (χ2n) is 5.45. The van der Waals surface area contributed by atoms with Crippen LogP contribution in [0.1, 0.15) is 38.7 Å². The minimum Gasteiger partial charge on any atom is -0.357 e. The zero-order valence-corrected chi connectivity index (χ0v) is 16.9. The van der Waals surface area contributed by atoms with E-state index in [1.807, 2.05) is 23.0 Å². The molecule has 0 atom stereocenters. The van der Waals surface area contributed by atoms with Crippen LogP contribution in [0, 0.1) is 0 Å². The van der Waals surface area contributed by atoms with E-state index < -0.39 is 0 Å². The van der Waals surface area contributed by atoms with E-state index in [1.54, 1.807) is 6.20 Å². The lowest BCUT2D eigenvalue weighted by Crippen LogP contribution is -2.37. The molecule has 0 spiro atoms. The highest BCUT2D eigenvalue weighted by atomic mass is 127. The molecule has 132 valence electrons. The molecule has 0 saturated heterocycles. The molecule has 0 aliphatic heterocycles. The van der Waals surface area contributed by atoms with Crippen LogP contribution in [0.5, 0.6) is 0 Å². The van der Waals surface area contributed by atoms with E-state index in [-0.39, 0.29) is 24.0 Å². The second kappa shape index (κ2) is 11.9. The summed E-state index contributed by atoms with van der Waals surface area (Å²) in [6.45, 7) is 6.78. The summed E-state index contributed by atoms with van der Waals surface area (Å²) >= 11 is 0. The van der Waals surface area contributed by atoms with Crippen LogP contribution in [0.25, 0.3) is 5.69 Å². The Morgan fingerprint density at radius 3 is 2.75 bits per heavy atom. The van der Waals surface area contributed by atoms with Crippen LogP contribution in [0.15, 0.2) is 47.7 Å². The van der Waals surface area contributed by atoms with E-state index in [1.165, 1.54) is 24.8 Å². The molecule has 1 aromatic heterocycles. The van der Waals surface area contributed by atoms with Crippen molar-refractivity contribution in [2.24, 2.45) is 4.99 Å². The summed E-state index contributed by atoms with van der Waals surface area (Å²) in [6.07, 6.45) is 7.39. The van der Waals surface area contributed by atoms with E-state index in [0.717, 1.165) is 24.7 Å². The molecule has 0 bridgehead atoms. The number of halogens is 1. The van der Waals surface area contributed by atoms with Gasteiger partial charge in [0.25, 0.3) is 0 Å². The van der Waals surface area contributed by atoms with Gasteiger partial charge in [-0.1, -0.05) is 31.9 Å². The van der Waals surface area contributed by atoms with Crippen LogP contribution in [0.2, 0.25) is 0 Å². The summed E-state index contributed by atoms with van der Waals surface area (Å²) in [4.78, 5) is 4.67. The summed E-state index contributed by atoms with van der Waals surface area (Å²) < 4.78 is 1.86. The van der Waals surface area contributed by atoms with Gasteiger partial charge >= 0.3 is 0 Å². The fraction of sp³-hybridized carbons (Fsp3) is 0.444. The van der Waals surface area contributed by atoms with Crippen LogP contribution in [-0.2, 0) is 6.54 Å². The van der Waals surface area contributed by atoms with Gasteiger partial charge in [-0.15, -0.1) is 24.0 Å². The molecule has 0 radical (unpaired) electrons. The molecular weight excluding hydrogens is 413 g/mol. The zero-order chi connectivity index (χ0) is 16.3. The minimum absolute atomic E-state index is 0. The molecule has 5 nitrogen and oxygen atoms in total. The molecule has 6 heteroatoms. The summed E-state index contributed by atoms with van der Waals surface area (Å²) in [7, 11) is 0. The molecular formula is C18H28IN5. The van der Waals surface area contributed by atoms with E-state index in [2.05, 4.69) is 52.8 Å². The molecule has 2 N–H and O–H groups in total. The molecule has 0 saturated carbocycles. The Morgan fingerprint density at radius 2 is 2.04 bits per heavy atom. The van der Waals surface area contributed by atoms with E-state index in [9.17, 15) is 0 Å². The Labute approximate surface area is 162 Å². The molecule has 1 aromatic carbocycles. The maximum atomic E-state index is 4.67. The Bertz CT molecular complexity index is 595. The number of unbranched alkanes of at least 4 members (excludes halogenated alkanes) is 2. The fourth-order valence-corrected chi connectivity index (χ4v) is 2.31. The van der Waals surface area contributed by atoms with Crippen molar-refractivity contribution in [3.05, 3.63) is 48.3 Å². The molecule has 0 aliphatic carbocycles. The molecule has 0 amide bonds. The number of hydrogen-bond donors (Lipinski definition) is 2. The monoisotopic (exact) mass is 441 g/mol. The Hall–Kier alpha value is -1.57. The lowest BCUT2D eigenvalue weighted by atomic mass is 10.2. The Morgan fingerprint density at radius 1 is 1.17 bits per heavy atom. The maximum absolute atomic E-state index is 4.67. The van der Waals surface area contributed by atoms with Gasteiger partial charge in [0.05, 0.1) is 12.2 Å². The van der Waals surface area contributed by atoms with E-state index >= 15 is 0 Å². The number of aromatic nitrogens is 2. The smallest absolute Gasteiger partial charge is 0.191 e. The third kappa shape index (κ3) is 6.90. The van der Waals surface area contributed by atoms with E-state index in [4.69, 9.17) is 0 Å². The van der Waals surface area contributed by atoms with Gasteiger partial charge in [0.15, 0.2) is 5.96 Å². The topological polar surface area (TPSA) is 54.2 Å². The molecule has 2 rings (SSSR count). The normalized spacial score (nSPS) is 11.0. The van der Waals surface area contributed by atoms with Gasteiger partial charge in [0, 0.05) is 25.5 Å². The minimum atomic E-state index is 0.